The molecule has 1 rings (SSSR count). The van der Waals surface area contributed by atoms with Gasteiger partial charge >= 0.3 is 5.97 Å². The minimum absolute atomic E-state index is 0.0149. The summed E-state index contributed by atoms with van der Waals surface area (Å²) in [5, 5.41) is 0. The van der Waals surface area contributed by atoms with Gasteiger partial charge in [-0.25, -0.2) is 4.39 Å². The number of Topliss-reactive ketones (excluding diaryl/α,β-unsaturated/α-hetero) is 1. The first-order valence-electron chi connectivity index (χ1n) is 5.79. The Morgan fingerprint density at radius 1 is 1.17 bits per heavy atom. The van der Waals surface area contributed by atoms with E-state index >= 15 is 0 Å². The first-order chi connectivity index (χ1) is 8.29. The van der Waals surface area contributed by atoms with Crippen LogP contribution in [0.3, 0.4) is 0 Å². The van der Waals surface area contributed by atoms with Crippen molar-refractivity contribution in [3.8, 4) is 0 Å². The lowest BCUT2D eigenvalue weighted by Gasteiger charge is -2.19. The standard InChI is InChI=1S/C14H17FO3/c1-14(2,3)18-13(17)9-8-12(16)10-6-4-5-7-11(10)15/h4-7H,8-9H2,1-3H3. The van der Waals surface area contributed by atoms with E-state index in [1.165, 1.54) is 18.2 Å². The van der Waals surface area contributed by atoms with Crippen molar-refractivity contribution in [1.29, 1.82) is 0 Å². The van der Waals surface area contributed by atoms with Gasteiger partial charge in [-0.15, -0.1) is 0 Å². The van der Waals surface area contributed by atoms with Crippen LogP contribution >= 0.6 is 0 Å². The molecule has 0 unspecified atom stereocenters. The van der Waals surface area contributed by atoms with E-state index in [1.807, 2.05) is 0 Å². The number of ketones is 1. The van der Waals surface area contributed by atoms with Crippen molar-refractivity contribution >= 4 is 11.8 Å². The van der Waals surface area contributed by atoms with Crippen LogP contribution in [0.1, 0.15) is 44.0 Å². The van der Waals surface area contributed by atoms with E-state index in [4.69, 9.17) is 4.74 Å². The Bertz CT molecular complexity index is 447. The molecule has 1 aromatic carbocycles. The summed E-state index contributed by atoms with van der Waals surface area (Å²) in [4.78, 5) is 23.1. The number of esters is 1. The molecule has 0 heterocycles. The van der Waals surface area contributed by atoms with Crippen molar-refractivity contribution in [3.63, 3.8) is 0 Å². The number of benzene rings is 1. The predicted octanol–water partition coefficient (Wildman–Crippen LogP) is 3.13. The fraction of sp³-hybridized carbons (Fsp3) is 0.429. The summed E-state index contributed by atoms with van der Waals surface area (Å²) in [7, 11) is 0. The Labute approximate surface area is 106 Å². The molecule has 0 amide bonds. The summed E-state index contributed by atoms with van der Waals surface area (Å²) < 4.78 is 18.4. The molecule has 1 aromatic rings. The average Bonchev–Trinajstić information content (AvgIpc) is 2.24. The van der Waals surface area contributed by atoms with Crippen LogP contribution in [0.5, 0.6) is 0 Å². The molecule has 0 aliphatic rings. The van der Waals surface area contributed by atoms with Gasteiger partial charge in [-0.3, -0.25) is 9.59 Å². The Morgan fingerprint density at radius 2 is 1.78 bits per heavy atom. The summed E-state index contributed by atoms with van der Waals surface area (Å²) in [6.45, 7) is 5.26. The van der Waals surface area contributed by atoms with E-state index in [-0.39, 0.29) is 24.2 Å². The minimum Gasteiger partial charge on any atom is -0.460 e. The number of hydrogen-bond donors (Lipinski definition) is 0. The van der Waals surface area contributed by atoms with Gasteiger partial charge in [0.1, 0.15) is 11.4 Å². The lowest BCUT2D eigenvalue weighted by Crippen LogP contribution is -2.24. The van der Waals surface area contributed by atoms with Crippen molar-refractivity contribution in [2.24, 2.45) is 0 Å². The van der Waals surface area contributed by atoms with Crippen LogP contribution in [0.15, 0.2) is 24.3 Å². The van der Waals surface area contributed by atoms with Gasteiger partial charge in [0, 0.05) is 6.42 Å². The normalized spacial score (nSPS) is 11.1. The van der Waals surface area contributed by atoms with E-state index in [9.17, 15) is 14.0 Å². The second-order valence-electron chi connectivity index (χ2n) is 4.99. The smallest absolute Gasteiger partial charge is 0.306 e. The molecule has 3 nitrogen and oxygen atoms in total. The Morgan fingerprint density at radius 3 is 2.33 bits per heavy atom. The molecule has 0 saturated heterocycles. The van der Waals surface area contributed by atoms with Crippen LogP contribution in [0.25, 0.3) is 0 Å². The molecule has 0 saturated carbocycles. The summed E-state index contributed by atoms with van der Waals surface area (Å²) in [5.74, 6) is -1.40. The van der Waals surface area contributed by atoms with Crippen molar-refractivity contribution < 1.29 is 18.7 Å². The maximum Gasteiger partial charge on any atom is 0.306 e. The number of carbonyl (C=O) groups excluding carboxylic acids is 2. The molecule has 0 bridgehead atoms. The molecule has 0 aliphatic heterocycles. The van der Waals surface area contributed by atoms with E-state index in [0.29, 0.717) is 0 Å². The SMILES string of the molecule is CC(C)(C)OC(=O)CCC(=O)c1ccccc1F. The van der Waals surface area contributed by atoms with Crippen molar-refractivity contribution in [2.45, 2.75) is 39.2 Å². The maximum atomic E-state index is 13.3. The first-order valence-corrected chi connectivity index (χ1v) is 5.79. The Balaban J connectivity index is 2.52. The molecule has 0 spiro atoms. The topological polar surface area (TPSA) is 43.4 Å². The fourth-order valence-corrected chi connectivity index (χ4v) is 1.43. The van der Waals surface area contributed by atoms with E-state index in [2.05, 4.69) is 0 Å². The number of hydrogen-bond acceptors (Lipinski definition) is 3. The van der Waals surface area contributed by atoms with Gasteiger partial charge in [0.05, 0.1) is 12.0 Å². The zero-order valence-electron chi connectivity index (χ0n) is 10.8. The molecule has 0 aromatic heterocycles. The third-order valence-electron chi connectivity index (χ3n) is 2.15. The van der Waals surface area contributed by atoms with Gasteiger partial charge in [0.2, 0.25) is 0 Å². The molecule has 0 N–H and O–H groups in total. The minimum atomic E-state index is -0.571. The molecule has 0 atom stereocenters. The molecule has 0 fully saturated rings. The monoisotopic (exact) mass is 252 g/mol. The number of rotatable bonds is 4. The predicted molar refractivity (Wildman–Crippen MR) is 65.8 cm³/mol. The molecule has 0 radical (unpaired) electrons. The number of ether oxygens (including phenoxy) is 1. The van der Waals surface area contributed by atoms with Crippen molar-refractivity contribution in [2.75, 3.05) is 0 Å². The Kier molecular flexibility index (Phi) is 4.59. The van der Waals surface area contributed by atoms with E-state index < -0.39 is 17.4 Å². The van der Waals surface area contributed by atoms with Crippen LogP contribution in [0.2, 0.25) is 0 Å². The lowest BCUT2D eigenvalue weighted by molar-refractivity contribution is -0.154. The zero-order valence-corrected chi connectivity index (χ0v) is 10.8. The molecular weight excluding hydrogens is 235 g/mol. The third-order valence-corrected chi connectivity index (χ3v) is 2.15. The number of halogens is 1. The van der Waals surface area contributed by atoms with Crippen LogP contribution in [0, 0.1) is 5.82 Å². The summed E-state index contributed by atoms with van der Waals surface area (Å²) in [6, 6.07) is 5.73. The summed E-state index contributed by atoms with van der Waals surface area (Å²) >= 11 is 0. The maximum absolute atomic E-state index is 13.3. The van der Waals surface area contributed by atoms with Crippen LogP contribution in [-0.2, 0) is 9.53 Å². The van der Waals surface area contributed by atoms with Gasteiger partial charge < -0.3 is 4.74 Å². The Hall–Kier alpha value is -1.71. The van der Waals surface area contributed by atoms with Gasteiger partial charge in [0.15, 0.2) is 5.78 Å². The second-order valence-corrected chi connectivity index (χ2v) is 4.99. The van der Waals surface area contributed by atoms with Crippen LogP contribution in [0.4, 0.5) is 4.39 Å². The van der Waals surface area contributed by atoms with Gasteiger partial charge in [0.25, 0.3) is 0 Å². The van der Waals surface area contributed by atoms with Crippen LogP contribution < -0.4 is 0 Å². The molecular formula is C14H17FO3. The quantitative estimate of drug-likeness (QED) is 0.610. The molecule has 0 aliphatic carbocycles. The first kappa shape index (κ1) is 14.4. The highest BCUT2D eigenvalue weighted by Gasteiger charge is 2.18. The van der Waals surface area contributed by atoms with Crippen LogP contribution in [-0.4, -0.2) is 17.4 Å². The van der Waals surface area contributed by atoms with E-state index in [0.717, 1.165) is 0 Å². The van der Waals surface area contributed by atoms with Crippen molar-refractivity contribution in [1.82, 2.24) is 0 Å². The fourth-order valence-electron chi connectivity index (χ4n) is 1.43. The highest BCUT2D eigenvalue weighted by atomic mass is 19.1. The largest absolute Gasteiger partial charge is 0.460 e. The zero-order chi connectivity index (χ0) is 13.8. The van der Waals surface area contributed by atoms with Crippen molar-refractivity contribution in [3.05, 3.63) is 35.6 Å². The van der Waals surface area contributed by atoms with Gasteiger partial charge in [-0.05, 0) is 32.9 Å². The lowest BCUT2D eigenvalue weighted by atomic mass is 10.1. The molecule has 18 heavy (non-hydrogen) atoms. The van der Waals surface area contributed by atoms with Gasteiger partial charge in [-0.1, -0.05) is 12.1 Å². The molecule has 4 heteroatoms. The highest BCUT2D eigenvalue weighted by molar-refractivity contribution is 5.97. The summed E-state index contributed by atoms with van der Waals surface area (Å²) in [5.41, 5.74) is -0.556. The number of carbonyl (C=O) groups is 2. The third kappa shape index (κ3) is 4.65. The second kappa shape index (κ2) is 5.76. The summed E-state index contributed by atoms with van der Waals surface area (Å²) in [6.07, 6.45) is -0.0831. The molecule has 98 valence electrons. The van der Waals surface area contributed by atoms with E-state index in [1.54, 1.807) is 26.8 Å². The highest BCUT2D eigenvalue weighted by Crippen LogP contribution is 2.13. The average molecular weight is 252 g/mol. The van der Waals surface area contributed by atoms with Gasteiger partial charge in [-0.2, -0.15) is 0 Å².